The second kappa shape index (κ2) is 13.5. The number of nitrogens with zero attached hydrogens (tertiary/aromatic N) is 2. The van der Waals surface area contributed by atoms with Gasteiger partial charge in [-0.3, -0.25) is 14.8 Å². The van der Waals surface area contributed by atoms with E-state index in [0.29, 0.717) is 11.5 Å². The highest BCUT2D eigenvalue weighted by Gasteiger charge is 2.11. The van der Waals surface area contributed by atoms with Gasteiger partial charge in [-0.1, -0.05) is 38.5 Å². The van der Waals surface area contributed by atoms with Crippen molar-refractivity contribution in [1.82, 2.24) is 9.96 Å². The van der Waals surface area contributed by atoms with Crippen molar-refractivity contribution in [3.63, 3.8) is 0 Å². The maximum absolute atomic E-state index is 11.5. The Morgan fingerprint density at radius 3 is 1.77 bits per heavy atom. The van der Waals surface area contributed by atoms with Gasteiger partial charge in [0, 0.05) is 6.42 Å². The number of carbonyl (C=O) groups excluding carboxylic acids is 1. The lowest BCUT2D eigenvalue weighted by Gasteiger charge is -2.13. The van der Waals surface area contributed by atoms with Gasteiger partial charge in [0.25, 0.3) is 0 Å². The molecule has 1 amide bonds. The van der Waals surface area contributed by atoms with Crippen LogP contribution in [0, 0.1) is 0 Å². The maximum atomic E-state index is 11.5. The summed E-state index contributed by atoms with van der Waals surface area (Å²) in [6.07, 6.45) is 9.15. The largest absolute Gasteiger partial charge is 0.481 e. The molecular formula is C16H32N2O4. The average Bonchev–Trinajstić information content (AvgIpc) is 2.45. The summed E-state index contributed by atoms with van der Waals surface area (Å²) in [5.74, 6) is -1.40. The van der Waals surface area contributed by atoms with Crippen molar-refractivity contribution in [2.45, 2.75) is 64.2 Å². The summed E-state index contributed by atoms with van der Waals surface area (Å²) in [4.78, 5) is 24.0. The second-order valence-electron chi connectivity index (χ2n) is 6.04. The molecule has 0 spiro atoms. The number of hydrogen-bond acceptors (Lipinski definition) is 4. The quantitative estimate of drug-likeness (QED) is 0.292. The third-order valence-corrected chi connectivity index (χ3v) is 3.57. The van der Waals surface area contributed by atoms with Crippen LogP contribution >= 0.6 is 0 Å². The molecule has 0 fully saturated rings. The lowest BCUT2D eigenvalue weighted by molar-refractivity contribution is -0.167. The number of rotatable bonds is 14. The highest BCUT2D eigenvalue weighted by Crippen LogP contribution is 2.10. The normalized spacial score (nSPS) is 10.9. The molecule has 0 saturated heterocycles. The molecule has 0 aromatic carbocycles. The van der Waals surface area contributed by atoms with Crippen LogP contribution in [0.2, 0.25) is 0 Å². The summed E-state index contributed by atoms with van der Waals surface area (Å²) in [6, 6.07) is 0. The predicted octanol–water partition coefficient (Wildman–Crippen LogP) is 2.75. The van der Waals surface area contributed by atoms with Gasteiger partial charge < -0.3 is 10.0 Å². The van der Waals surface area contributed by atoms with Gasteiger partial charge in [0.2, 0.25) is 5.91 Å². The molecule has 0 aliphatic rings. The fourth-order valence-corrected chi connectivity index (χ4v) is 2.22. The third kappa shape index (κ3) is 13.8. The van der Waals surface area contributed by atoms with Gasteiger partial charge in [-0.05, 0) is 33.5 Å². The lowest BCUT2D eigenvalue weighted by atomic mass is 10.1. The van der Waals surface area contributed by atoms with Crippen molar-refractivity contribution in [2.75, 3.05) is 27.2 Å². The smallest absolute Gasteiger partial charge is 0.305 e. The number of aliphatic carboxylic acids is 1. The highest BCUT2D eigenvalue weighted by atomic mass is 16.5. The second-order valence-corrected chi connectivity index (χ2v) is 6.04. The molecule has 2 N–H and O–H groups in total. The first kappa shape index (κ1) is 20.9. The van der Waals surface area contributed by atoms with Crippen LogP contribution in [0.1, 0.15) is 64.2 Å². The van der Waals surface area contributed by atoms with Gasteiger partial charge in [-0.2, -0.15) is 0 Å². The molecule has 0 unspecified atom stereocenters. The molecule has 0 atom stereocenters. The van der Waals surface area contributed by atoms with Gasteiger partial charge in [0.05, 0.1) is 13.0 Å². The van der Waals surface area contributed by atoms with Gasteiger partial charge in [0.1, 0.15) is 0 Å². The monoisotopic (exact) mass is 316 g/mol. The molecule has 0 saturated carbocycles. The molecule has 0 aromatic rings. The van der Waals surface area contributed by atoms with E-state index in [1.54, 1.807) is 0 Å². The van der Waals surface area contributed by atoms with Crippen LogP contribution in [0.5, 0.6) is 0 Å². The first-order chi connectivity index (χ1) is 10.4. The van der Waals surface area contributed by atoms with Crippen molar-refractivity contribution in [2.24, 2.45) is 0 Å². The van der Waals surface area contributed by atoms with E-state index in [1.807, 2.05) is 0 Å². The standard InChI is InChI=1S/C16H32N2O4/c1-17(2)13-10-8-6-4-3-5-7-9-11-15(19)18(22)14-12-16(20)21/h22H,3-14H2,1-2H3,(H,20,21). The first-order valence-electron chi connectivity index (χ1n) is 8.29. The summed E-state index contributed by atoms with van der Waals surface area (Å²) >= 11 is 0. The topological polar surface area (TPSA) is 81.1 Å². The van der Waals surface area contributed by atoms with E-state index < -0.39 is 5.97 Å². The Morgan fingerprint density at radius 1 is 0.773 bits per heavy atom. The Balaban J connectivity index is 3.34. The van der Waals surface area contributed by atoms with E-state index >= 15 is 0 Å². The molecule has 6 nitrogen and oxygen atoms in total. The Labute approximate surface area is 134 Å². The fraction of sp³-hybridized carbons (Fsp3) is 0.875. The van der Waals surface area contributed by atoms with Crippen LogP contribution in [0.3, 0.4) is 0 Å². The zero-order valence-corrected chi connectivity index (χ0v) is 14.1. The highest BCUT2D eigenvalue weighted by molar-refractivity contribution is 5.75. The Hall–Kier alpha value is -1.14. The van der Waals surface area contributed by atoms with Crippen molar-refractivity contribution < 1.29 is 19.9 Å². The van der Waals surface area contributed by atoms with Crippen molar-refractivity contribution in [1.29, 1.82) is 0 Å². The van der Waals surface area contributed by atoms with Crippen LogP contribution in [0.4, 0.5) is 0 Å². The molecule has 0 heterocycles. The van der Waals surface area contributed by atoms with Gasteiger partial charge in [0.15, 0.2) is 0 Å². The molecule has 0 radical (unpaired) electrons. The van der Waals surface area contributed by atoms with Crippen LogP contribution < -0.4 is 0 Å². The van der Waals surface area contributed by atoms with Gasteiger partial charge in [-0.25, -0.2) is 5.06 Å². The molecule has 130 valence electrons. The molecule has 0 aliphatic heterocycles. The van der Waals surface area contributed by atoms with E-state index in [-0.39, 0.29) is 18.9 Å². The number of amides is 1. The summed E-state index contributed by atoms with van der Waals surface area (Å²) < 4.78 is 0. The SMILES string of the molecule is CN(C)CCCCCCCCCCC(=O)N(O)CCC(=O)O. The fourth-order valence-electron chi connectivity index (χ4n) is 2.22. The minimum atomic E-state index is -1.02. The molecule has 22 heavy (non-hydrogen) atoms. The van der Waals surface area contributed by atoms with Crippen molar-refractivity contribution in [3.05, 3.63) is 0 Å². The maximum Gasteiger partial charge on any atom is 0.305 e. The molecule has 0 aliphatic carbocycles. The average molecular weight is 316 g/mol. The lowest BCUT2D eigenvalue weighted by Crippen LogP contribution is -2.29. The van der Waals surface area contributed by atoms with E-state index in [4.69, 9.17) is 5.11 Å². The summed E-state index contributed by atoms with van der Waals surface area (Å²) in [6.45, 7) is 1.02. The summed E-state index contributed by atoms with van der Waals surface area (Å²) in [5.41, 5.74) is 0. The van der Waals surface area contributed by atoms with Gasteiger partial charge in [-0.15, -0.1) is 0 Å². The van der Waals surface area contributed by atoms with Crippen molar-refractivity contribution >= 4 is 11.9 Å². The number of carboxylic acid groups (broad SMARTS) is 1. The first-order valence-corrected chi connectivity index (χ1v) is 8.29. The minimum Gasteiger partial charge on any atom is -0.481 e. The zero-order chi connectivity index (χ0) is 16.8. The summed E-state index contributed by atoms with van der Waals surface area (Å²) in [7, 11) is 4.19. The number of hydroxylamine groups is 2. The van der Waals surface area contributed by atoms with Crippen LogP contribution in [0.25, 0.3) is 0 Å². The number of carbonyl (C=O) groups is 2. The predicted molar refractivity (Wildman–Crippen MR) is 85.9 cm³/mol. The zero-order valence-electron chi connectivity index (χ0n) is 14.1. The number of carboxylic acids is 1. The Morgan fingerprint density at radius 2 is 1.27 bits per heavy atom. The molecular weight excluding hydrogens is 284 g/mol. The number of unbranched alkanes of at least 4 members (excludes halogenated alkanes) is 7. The number of hydrogen-bond donors (Lipinski definition) is 2. The Bertz CT molecular complexity index is 309. The van der Waals surface area contributed by atoms with Crippen LogP contribution in [-0.4, -0.2) is 59.3 Å². The van der Waals surface area contributed by atoms with Crippen LogP contribution in [0.15, 0.2) is 0 Å². The minimum absolute atomic E-state index is 0.138. The molecule has 0 aromatic heterocycles. The van der Waals surface area contributed by atoms with E-state index in [9.17, 15) is 14.8 Å². The molecule has 0 rings (SSSR count). The van der Waals surface area contributed by atoms with E-state index in [2.05, 4.69) is 19.0 Å². The van der Waals surface area contributed by atoms with Gasteiger partial charge >= 0.3 is 5.97 Å². The summed E-state index contributed by atoms with van der Waals surface area (Å²) in [5, 5.41) is 18.3. The van der Waals surface area contributed by atoms with E-state index in [0.717, 1.165) is 25.8 Å². The third-order valence-electron chi connectivity index (χ3n) is 3.57. The molecule has 6 heteroatoms. The van der Waals surface area contributed by atoms with Crippen molar-refractivity contribution in [3.8, 4) is 0 Å². The van der Waals surface area contributed by atoms with E-state index in [1.165, 1.54) is 32.1 Å². The Kier molecular flexibility index (Phi) is 12.8. The van der Waals surface area contributed by atoms with Crippen LogP contribution in [-0.2, 0) is 9.59 Å². The molecule has 0 bridgehead atoms.